The second kappa shape index (κ2) is 3.37. The van der Waals surface area contributed by atoms with Crippen molar-refractivity contribution in [3.8, 4) is 0 Å². The number of para-hydroxylation sites is 1. The lowest BCUT2D eigenvalue weighted by Crippen LogP contribution is -2.33. The van der Waals surface area contributed by atoms with Crippen LogP contribution in [0, 0.1) is 0 Å². The summed E-state index contributed by atoms with van der Waals surface area (Å²) in [5.74, 6) is -0.339. The Morgan fingerprint density at radius 2 is 2.06 bits per heavy atom. The van der Waals surface area contributed by atoms with Crippen molar-refractivity contribution in [2.75, 3.05) is 11.4 Å². The van der Waals surface area contributed by atoms with Gasteiger partial charge in [0.25, 0.3) is 0 Å². The number of fused-ring (bicyclic) bond motifs is 1. The van der Waals surface area contributed by atoms with Crippen LogP contribution in [0.3, 0.4) is 0 Å². The lowest BCUT2D eigenvalue weighted by molar-refractivity contribution is -0.116. The van der Waals surface area contributed by atoms with Crippen molar-refractivity contribution in [2.45, 2.75) is 19.3 Å². The molecule has 0 saturated carbocycles. The lowest BCUT2D eigenvalue weighted by Gasteiger charge is -2.24. The molecule has 1 aromatic carbocycles. The number of rotatable bonds is 2. The summed E-state index contributed by atoms with van der Waals surface area (Å²) in [5, 5.41) is 0. The Balaban J connectivity index is 2.51. The predicted octanol–water partition coefficient (Wildman–Crippen LogP) is 1.78. The third kappa shape index (κ3) is 1.40. The lowest BCUT2D eigenvalue weighted by atomic mass is 9.84. The molecule has 0 bridgehead atoms. The molecule has 0 aliphatic carbocycles. The van der Waals surface area contributed by atoms with Crippen molar-refractivity contribution >= 4 is 11.6 Å². The zero-order valence-electron chi connectivity index (χ0n) is 9.66. The number of hydrogen-bond acceptors (Lipinski definition) is 2. The van der Waals surface area contributed by atoms with Crippen LogP contribution in [-0.2, 0) is 10.2 Å². The summed E-state index contributed by atoms with van der Waals surface area (Å²) in [4.78, 5) is 13.0. The van der Waals surface area contributed by atoms with Gasteiger partial charge in [-0.05, 0) is 11.6 Å². The maximum absolute atomic E-state index is 11.1. The number of amides is 1. The Morgan fingerprint density at radius 3 is 2.69 bits per heavy atom. The summed E-state index contributed by atoms with van der Waals surface area (Å²) in [6.07, 6.45) is 0. The summed E-state index contributed by atoms with van der Waals surface area (Å²) >= 11 is 0. The second-order valence-corrected chi connectivity index (χ2v) is 4.64. The van der Waals surface area contributed by atoms with E-state index in [2.05, 4.69) is 26.5 Å². The minimum Gasteiger partial charge on any atom is -0.368 e. The van der Waals surface area contributed by atoms with Crippen LogP contribution < -0.4 is 10.6 Å². The van der Waals surface area contributed by atoms with Gasteiger partial charge in [0.15, 0.2) is 0 Å². The minimum absolute atomic E-state index is 0.133. The normalized spacial score (nSPS) is 17.4. The highest BCUT2D eigenvalue weighted by molar-refractivity contribution is 5.83. The van der Waals surface area contributed by atoms with Gasteiger partial charge in [-0.1, -0.05) is 38.6 Å². The van der Waals surface area contributed by atoms with Crippen molar-refractivity contribution in [3.05, 3.63) is 42.1 Å². The van der Waals surface area contributed by atoms with Gasteiger partial charge in [0, 0.05) is 16.8 Å². The Labute approximate surface area is 95.6 Å². The number of carbonyl (C=O) groups is 1. The Bertz CT molecular complexity index is 463. The molecule has 0 aromatic heterocycles. The molecule has 2 N–H and O–H groups in total. The molecule has 3 heteroatoms. The molecule has 0 radical (unpaired) electrons. The minimum atomic E-state index is -0.339. The average molecular weight is 216 g/mol. The number of primary amides is 1. The molecule has 0 fully saturated rings. The first-order chi connectivity index (χ1) is 7.44. The summed E-state index contributed by atoms with van der Waals surface area (Å²) in [6, 6.07) is 8.03. The van der Waals surface area contributed by atoms with Crippen LogP contribution >= 0.6 is 0 Å². The van der Waals surface area contributed by atoms with Crippen molar-refractivity contribution in [2.24, 2.45) is 5.73 Å². The highest BCUT2D eigenvalue weighted by atomic mass is 16.1. The van der Waals surface area contributed by atoms with Crippen molar-refractivity contribution in [3.63, 3.8) is 0 Å². The molecule has 0 saturated heterocycles. The van der Waals surface area contributed by atoms with E-state index in [-0.39, 0.29) is 17.9 Å². The smallest absolute Gasteiger partial charge is 0.237 e. The van der Waals surface area contributed by atoms with Crippen molar-refractivity contribution in [1.82, 2.24) is 0 Å². The fourth-order valence-corrected chi connectivity index (χ4v) is 2.21. The number of allylic oxidation sites excluding steroid dienone is 1. The van der Waals surface area contributed by atoms with Crippen LogP contribution in [0.2, 0.25) is 0 Å². The van der Waals surface area contributed by atoms with Crippen LogP contribution in [0.5, 0.6) is 0 Å². The standard InChI is InChI=1S/C13H16N2O/c1-9-13(2,3)10-6-4-5-7-11(10)15(9)8-12(14)16/h4-7H,1,8H2,2-3H3,(H2,14,16). The van der Waals surface area contributed by atoms with Crippen molar-refractivity contribution < 1.29 is 4.79 Å². The van der Waals surface area contributed by atoms with Gasteiger partial charge in [0.1, 0.15) is 6.54 Å². The predicted molar refractivity (Wildman–Crippen MR) is 65.1 cm³/mol. The number of hydrogen-bond donors (Lipinski definition) is 1. The fourth-order valence-electron chi connectivity index (χ4n) is 2.21. The van der Waals surface area contributed by atoms with Gasteiger partial charge in [-0.15, -0.1) is 0 Å². The second-order valence-electron chi connectivity index (χ2n) is 4.64. The molecule has 3 nitrogen and oxygen atoms in total. The molecule has 0 unspecified atom stereocenters. The molecule has 1 heterocycles. The number of carbonyl (C=O) groups excluding carboxylic acids is 1. The van der Waals surface area contributed by atoms with E-state index in [1.807, 2.05) is 23.1 Å². The van der Waals surface area contributed by atoms with E-state index >= 15 is 0 Å². The summed E-state index contributed by atoms with van der Waals surface area (Å²) < 4.78 is 0. The molecule has 16 heavy (non-hydrogen) atoms. The largest absolute Gasteiger partial charge is 0.368 e. The zero-order chi connectivity index (χ0) is 11.9. The Hall–Kier alpha value is -1.77. The van der Waals surface area contributed by atoms with Gasteiger partial charge in [0.2, 0.25) is 5.91 Å². The summed E-state index contributed by atoms with van der Waals surface area (Å²) in [7, 11) is 0. The first-order valence-electron chi connectivity index (χ1n) is 5.29. The first-order valence-corrected chi connectivity index (χ1v) is 5.29. The van der Waals surface area contributed by atoms with Crippen LogP contribution in [0.1, 0.15) is 19.4 Å². The molecule has 1 amide bonds. The van der Waals surface area contributed by atoms with Crippen LogP contribution in [0.25, 0.3) is 0 Å². The van der Waals surface area contributed by atoms with E-state index in [1.165, 1.54) is 5.56 Å². The van der Waals surface area contributed by atoms with Gasteiger partial charge in [-0.25, -0.2) is 0 Å². The van der Waals surface area contributed by atoms with E-state index in [0.717, 1.165) is 11.4 Å². The topological polar surface area (TPSA) is 46.3 Å². The summed E-state index contributed by atoms with van der Waals surface area (Å²) in [5.41, 5.74) is 8.28. The van der Waals surface area contributed by atoms with Crippen LogP contribution in [-0.4, -0.2) is 12.5 Å². The number of nitrogens with two attached hydrogens (primary N) is 1. The highest BCUT2D eigenvalue weighted by Gasteiger charge is 2.38. The third-order valence-corrected chi connectivity index (χ3v) is 3.23. The quantitative estimate of drug-likeness (QED) is 0.819. The van der Waals surface area contributed by atoms with E-state index in [0.29, 0.717) is 0 Å². The number of nitrogens with zero attached hydrogens (tertiary/aromatic N) is 1. The van der Waals surface area contributed by atoms with Gasteiger partial charge in [-0.3, -0.25) is 4.79 Å². The van der Waals surface area contributed by atoms with Crippen LogP contribution in [0.15, 0.2) is 36.5 Å². The first kappa shape index (κ1) is 10.7. The maximum Gasteiger partial charge on any atom is 0.237 e. The van der Waals surface area contributed by atoms with Crippen LogP contribution in [0.4, 0.5) is 5.69 Å². The highest BCUT2D eigenvalue weighted by Crippen LogP contribution is 2.46. The summed E-state index contributed by atoms with van der Waals surface area (Å²) in [6.45, 7) is 8.48. The molecule has 0 spiro atoms. The van der Waals surface area contributed by atoms with Gasteiger partial charge >= 0.3 is 0 Å². The molecule has 2 rings (SSSR count). The van der Waals surface area contributed by atoms with E-state index in [1.54, 1.807) is 0 Å². The maximum atomic E-state index is 11.1. The molecule has 1 aromatic rings. The fraction of sp³-hybridized carbons (Fsp3) is 0.308. The van der Waals surface area contributed by atoms with Crippen molar-refractivity contribution in [1.29, 1.82) is 0 Å². The van der Waals surface area contributed by atoms with E-state index in [4.69, 9.17) is 5.73 Å². The number of benzene rings is 1. The molecular formula is C13H16N2O. The molecule has 1 aliphatic heterocycles. The number of anilines is 1. The van der Waals surface area contributed by atoms with E-state index < -0.39 is 0 Å². The van der Waals surface area contributed by atoms with E-state index in [9.17, 15) is 4.79 Å². The van der Waals surface area contributed by atoms with Gasteiger partial charge < -0.3 is 10.6 Å². The van der Waals surface area contributed by atoms with Gasteiger partial charge in [-0.2, -0.15) is 0 Å². The molecular weight excluding hydrogens is 200 g/mol. The molecule has 1 aliphatic rings. The molecule has 84 valence electrons. The zero-order valence-corrected chi connectivity index (χ0v) is 9.66. The Morgan fingerprint density at radius 1 is 1.44 bits per heavy atom. The SMILES string of the molecule is C=C1N(CC(N)=O)c2ccccc2C1(C)C. The average Bonchev–Trinajstić information content (AvgIpc) is 2.41. The monoisotopic (exact) mass is 216 g/mol. The third-order valence-electron chi connectivity index (χ3n) is 3.23. The van der Waals surface area contributed by atoms with Gasteiger partial charge in [0.05, 0.1) is 0 Å². The Kier molecular flexibility index (Phi) is 2.26. The molecule has 0 atom stereocenters.